The van der Waals surface area contributed by atoms with E-state index < -0.39 is 0 Å². The van der Waals surface area contributed by atoms with Gasteiger partial charge in [-0.1, -0.05) is 11.6 Å². The van der Waals surface area contributed by atoms with E-state index in [4.69, 9.17) is 0 Å². The number of carbonyl (C=O) groups is 1. The first kappa shape index (κ1) is 7.08. The second-order valence-corrected chi connectivity index (χ2v) is 4.09. The van der Waals surface area contributed by atoms with Gasteiger partial charge in [0, 0.05) is 11.8 Å². The lowest BCUT2D eigenvalue weighted by Gasteiger charge is -2.04. The summed E-state index contributed by atoms with van der Waals surface area (Å²) in [6.07, 6.45) is 4.45. The van der Waals surface area contributed by atoms with E-state index in [1.54, 1.807) is 0 Å². The Morgan fingerprint density at radius 1 is 1.45 bits per heavy atom. The van der Waals surface area contributed by atoms with E-state index in [2.05, 4.69) is 19.9 Å². The maximum absolute atomic E-state index is 11.4. The molecule has 2 fully saturated rings. The molecule has 0 aromatic rings. The number of fused-ring (bicyclic) bond motifs is 1. The molecule has 0 radical (unpaired) electrons. The number of ketones is 1. The SMILES string of the molecule is CC(C)=C[C@H]1C[C@H]2C[C@@H]2C1=O. The number of allylic oxidation sites excluding steroid dienone is 2. The first-order valence-electron chi connectivity index (χ1n) is 4.37. The van der Waals surface area contributed by atoms with Gasteiger partial charge in [0.2, 0.25) is 0 Å². The summed E-state index contributed by atoms with van der Waals surface area (Å²) in [5, 5.41) is 0. The van der Waals surface area contributed by atoms with E-state index in [1.165, 1.54) is 12.0 Å². The molecular formula is C10H14O. The highest BCUT2D eigenvalue weighted by molar-refractivity contribution is 5.90. The van der Waals surface area contributed by atoms with Crippen LogP contribution in [0.4, 0.5) is 0 Å². The average molecular weight is 150 g/mol. The standard InChI is InChI=1S/C10H14O/c1-6(2)3-8-4-7-5-9(7)10(8)11/h3,7-9H,4-5H2,1-2H3/t7-,8-,9-/m0/s1. The summed E-state index contributed by atoms with van der Waals surface area (Å²) < 4.78 is 0. The van der Waals surface area contributed by atoms with Gasteiger partial charge in [-0.2, -0.15) is 0 Å². The summed E-state index contributed by atoms with van der Waals surface area (Å²) in [5.74, 6) is 2.03. The van der Waals surface area contributed by atoms with Crippen LogP contribution in [0, 0.1) is 17.8 Å². The van der Waals surface area contributed by atoms with Crippen LogP contribution in [0.3, 0.4) is 0 Å². The van der Waals surface area contributed by atoms with Gasteiger partial charge >= 0.3 is 0 Å². The number of Topliss-reactive ketones (excluding diaryl/α,β-unsaturated/α-hetero) is 1. The number of rotatable bonds is 1. The highest BCUT2D eigenvalue weighted by Crippen LogP contribution is 2.52. The summed E-state index contributed by atoms with van der Waals surface area (Å²) in [4.78, 5) is 11.4. The maximum Gasteiger partial charge on any atom is 0.143 e. The average Bonchev–Trinajstić information content (AvgIpc) is 2.58. The van der Waals surface area contributed by atoms with E-state index in [1.807, 2.05) is 0 Å². The fourth-order valence-corrected chi connectivity index (χ4v) is 2.13. The maximum atomic E-state index is 11.4. The molecule has 3 atom stereocenters. The largest absolute Gasteiger partial charge is 0.299 e. The lowest BCUT2D eigenvalue weighted by atomic mass is 10.00. The van der Waals surface area contributed by atoms with Gasteiger partial charge in [0.15, 0.2) is 0 Å². The Bertz CT molecular complexity index is 223. The van der Waals surface area contributed by atoms with Crippen molar-refractivity contribution in [2.45, 2.75) is 26.7 Å². The van der Waals surface area contributed by atoms with Crippen molar-refractivity contribution >= 4 is 5.78 Å². The van der Waals surface area contributed by atoms with Gasteiger partial charge in [0.1, 0.15) is 5.78 Å². The molecule has 0 aliphatic heterocycles. The fraction of sp³-hybridized carbons (Fsp3) is 0.700. The molecule has 0 unspecified atom stereocenters. The normalized spacial score (nSPS) is 40.2. The Morgan fingerprint density at radius 3 is 2.64 bits per heavy atom. The minimum Gasteiger partial charge on any atom is -0.299 e. The van der Waals surface area contributed by atoms with Gasteiger partial charge in [0.25, 0.3) is 0 Å². The molecule has 0 heterocycles. The van der Waals surface area contributed by atoms with Crippen LogP contribution in [0.2, 0.25) is 0 Å². The number of hydrogen-bond donors (Lipinski definition) is 0. The minimum absolute atomic E-state index is 0.281. The van der Waals surface area contributed by atoms with Crippen LogP contribution >= 0.6 is 0 Å². The zero-order valence-electron chi connectivity index (χ0n) is 7.13. The third kappa shape index (κ3) is 1.13. The summed E-state index contributed by atoms with van der Waals surface area (Å²) in [6, 6.07) is 0. The van der Waals surface area contributed by atoms with E-state index in [0.29, 0.717) is 11.7 Å². The highest BCUT2D eigenvalue weighted by atomic mass is 16.1. The van der Waals surface area contributed by atoms with Gasteiger partial charge in [0.05, 0.1) is 0 Å². The molecule has 2 aliphatic carbocycles. The Morgan fingerprint density at radius 2 is 2.18 bits per heavy atom. The topological polar surface area (TPSA) is 17.1 Å². The molecule has 1 nitrogen and oxygen atoms in total. The number of carbonyl (C=O) groups excluding carboxylic acids is 1. The summed E-state index contributed by atoms with van der Waals surface area (Å²) >= 11 is 0. The number of hydrogen-bond acceptors (Lipinski definition) is 1. The van der Waals surface area contributed by atoms with Crippen LogP contribution in [-0.2, 0) is 4.79 Å². The first-order valence-corrected chi connectivity index (χ1v) is 4.37. The van der Waals surface area contributed by atoms with Crippen molar-refractivity contribution in [2.24, 2.45) is 17.8 Å². The van der Waals surface area contributed by atoms with E-state index in [-0.39, 0.29) is 5.92 Å². The van der Waals surface area contributed by atoms with Crippen LogP contribution < -0.4 is 0 Å². The molecule has 0 aromatic carbocycles. The molecule has 0 N–H and O–H groups in total. The highest BCUT2D eigenvalue weighted by Gasteiger charge is 2.51. The molecule has 0 amide bonds. The van der Waals surface area contributed by atoms with Crippen LogP contribution in [0.15, 0.2) is 11.6 Å². The fourth-order valence-electron chi connectivity index (χ4n) is 2.13. The lowest BCUT2D eigenvalue weighted by Crippen LogP contribution is -2.08. The third-order valence-corrected chi connectivity index (χ3v) is 2.74. The van der Waals surface area contributed by atoms with Crippen molar-refractivity contribution in [2.75, 3.05) is 0 Å². The molecule has 2 aliphatic rings. The molecule has 60 valence electrons. The van der Waals surface area contributed by atoms with Gasteiger partial charge in [-0.05, 0) is 32.6 Å². The second kappa shape index (κ2) is 2.20. The molecule has 2 rings (SSSR count). The Hall–Kier alpha value is -0.590. The van der Waals surface area contributed by atoms with Gasteiger partial charge < -0.3 is 0 Å². The third-order valence-electron chi connectivity index (χ3n) is 2.74. The van der Waals surface area contributed by atoms with Crippen molar-refractivity contribution in [3.8, 4) is 0 Å². The molecule has 1 heteroatoms. The molecule has 0 saturated heterocycles. The Balaban J connectivity index is 2.07. The van der Waals surface area contributed by atoms with Crippen LogP contribution in [0.5, 0.6) is 0 Å². The second-order valence-electron chi connectivity index (χ2n) is 4.09. The molecule has 2 saturated carbocycles. The predicted octanol–water partition coefficient (Wildman–Crippen LogP) is 2.18. The summed E-state index contributed by atoms with van der Waals surface area (Å²) in [7, 11) is 0. The Labute approximate surface area is 67.5 Å². The molecule has 11 heavy (non-hydrogen) atoms. The van der Waals surface area contributed by atoms with E-state index >= 15 is 0 Å². The van der Waals surface area contributed by atoms with E-state index in [9.17, 15) is 4.79 Å². The van der Waals surface area contributed by atoms with Crippen molar-refractivity contribution in [3.63, 3.8) is 0 Å². The van der Waals surface area contributed by atoms with Crippen molar-refractivity contribution < 1.29 is 4.79 Å². The van der Waals surface area contributed by atoms with Crippen LogP contribution in [0.25, 0.3) is 0 Å². The smallest absolute Gasteiger partial charge is 0.143 e. The molecule has 0 spiro atoms. The van der Waals surface area contributed by atoms with E-state index in [0.717, 1.165) is 12.3 Å². The minimum atomic E-state index is 0.281. The summed E-state index contributed by atoms with van der Waals surface area (Å²) in [6.45, 7) is 4.13. The van der Waals surface area contributed by atoms with Gasteiger partial charge in [-0.15, -0.1) is 0 Å². The lowest BCUT2D eigenvalue weighted by molar-refractivity contribution is -0.121. The van der Waals surface area contributed by atoms with Crippen LogP contribution in [0.1, 0.15) is 26.7 Å². The Kier molecular flexibility index (Phi) is 1.41. The zero-order chi connectivity index (χ0) is 8.01. The monoisotopic (exact) mass is 150 g/mol. The molecular weight excluding hydrogens is 136 g/mol. The van der Waals surface area contributed by atoms with Crippen molar-refractivity contribution in [1.82, 2.24) is 0 Å². The molecule has 0 bridgehead atoms. The van der Waals surface area contributed by atoms with Crippen LogP contribution in [-0.4, -0.2) is 5.78 Å². The predicted molar refractivity (Wildman–Crippen MR) is 44.1 cm³/mol. The first-order chi connectivity index (χ1) is 5.18. The molecule has 0 aromatic heterocycles. The van der Waals surface area contributed by atoms with Gasteiger partial charge in [-0.25, -0.2) is 0 Å². The summed E-state index contributed by atoms with van der Waals surface area (Å²) in [5.41, 5.74) is 1.28. The zero-order valence-corrected chi connectivity index (χ0v) is 7.13. The van der Waals surface area contributed by atoms with Gasteiger partial charge in [-0.3, -0.25) is 4.79 Å². The van der Waals surface area contributed by atoms with Crippen molar-refractivity contribution in [3.05, 3.63) is 11.6 Å². The van der Waals surface area contributed by atoms with Crippen molar-refractivity contribution in [1.29, 1.82) is 0 Å². The quantitative estimate of drug-likeness (QED) is 0.523.